The lowest BCUT2D eigenvalue weighted by Gasteiger charge is -2.33. The lowest BCUT2D eigenvalue weighted by Crippen LogP contribution is -2.47. The molecular formula is C24H27N3O. The lowest BCUT2D eigenvalue weighted by molar-refractivity contribution is -0.117. The van der Waals surface area contributed by atoms with Crippen LogP contribution in [-0.4, -0.2) is 41.5 Å². The van der Waals surface area contributed by atoms with E-state index in [0.29, 0.717) is 0 Å². The number of hydrogen-bond donors (Lipinski definition) is 2. The number of hydrogen-bond acceptors (Lipinski definition) is 2. The van der Waals surface area contributed by atoms with Gasteiger partial charge in [0, 0.05) is 42.3 Å². The van der Waals surface area contributed by atoms with Gasteiger partial charge in [-0.05, 0) is 49.1 Å². The molecule has 1 aromatic heterocycles. The molecule has 4 nitrogen and oxygen atoms in total. The van der Waals surface area contributed by atoms with Crippen molar-refractivity contribution in [2.24, 2.45) is 0 Å². The predicted molar refractivity (Wildman–Crippen MR) is 115 cm³/mol. The molecule has 3 aromatic rings. The van der Waals surface area contributed by atoms with E-state index >= 15 is 0 Å². The SMILES string of the molecule is O=C(C=Cc1c[nH]c2ccccc12)NC1CCCN(CCc2ccccc2)C1. The Bertz CT molecular complexity index is 945. The molecule has 2 heterocycles. The van der Waals surface area contributed by atoms with E-state index in [4.69, 9.17) is 0 Å². The fourth-order valence-corrected chi connectivity index (χ4v) is 3.95. The van der Waals surface area contributed by atoms with E-state index in [2.05, 4.69) is 51.6 Å². The Hall–Kier alpha value is -2.85. The van der Waals surface area contributed by atoms with Crippen LogP contribution in [-0.2, 0) is 11.2 Å². The van der Waals surface area contributed by atoms with Gasteiger partial charge in [-0.2, -0.15) is 0 Å². The fourth-order valence-electron chi connectivity index (χ4n) is 3.95. The Labute approximate surface area is 166 Å². The molecule has 1 amide bonds. The molecule has 4 rings (SSSR count). The van der Waals surface area contributed by atoms with Gasteiger partial charge in [0.15, 0.2) is 0 Å². The van der Waals surface area contributed by atoms with Crippen LogP contribution in [0.15, 0.2) is 66.9 Å². The summed E-state index contributed by atoms with van der Waals surface area (Å²) in [5.74, 6) is -0.0137. The lowest BCUT2D eigenvalue weighted by atomic mass is 10.0. The first-order chi connectivity index (χ1) is 13.8. The zero-order valence-electron chi connectivity index (χ0n) is 16.1. The van der Waals surface area contributed by atoms with Crippen LogP contribution in [0.2, 0.25) is 0 Å². The number of aromatic amines is 1. The van der Waals surface area contributed by atoms with Crippen LogP contribution in [0.3, 0.4) is 0 Å². The highest BCUT2D eigenvalue weighted by atomic mass is 16.1. The van der Waals surface area contributed by atoms with Crippen molar-refractivity contribution in [2.75, 3.05) is 19.6 Å². The summed E-state index contributed by atoms with van der Waals surface area (Å²) in [5.41, 5.74) is 3.50. The maximum Gasteiger partial charge on any atom is 0.244 e. The number of carbonyl (C=O) groups excluding carboxylic acids is 1. The molecule has 1 aliphatic rings. The third-order valence-electron chi connectivity index (χ3n) is 5.45. The largest absolute Gasteiger partial charge is 0.361 e. The van der Waals surface area contributed by atoms with Gasteiger partial charge < -0.3 is 15.2 Å². The Morgan fingerprint density at radius 1 is 1.14 bits per heavy atom. The molecule has 0 radical (unpaired) electrons. The average molecular weight is 374 g/mol. The van der Waals surface area contributed by atoms with Crippen molar-refractivity contribution in [1.82, 2.24) is 15.2 Å². The minimum atomic E-state index is -0.0137. The molecule has 1 saturated heterocycles. The maximum atomic E-state index is 12.4. The highest BCUT2D eigenvalue weighted by Crippen LogP contribution is 2.19. The summed E-state index contributed by atoms with van der Waals surface area (Å²) in [7, 11) is 0. The summed E-state index contributed by atoms with van der Waals surface area (Å²) in [6.45, 7) is 3.09. The zero-order valence-corrected chi connectivity index (χ0v) is 16.1. The molecule has 0 bridgehead atoms. The molecule has 4 heteroatoms. The van der Waals surface area contributed by atoms with Crippen LogP contribution in [0.25, 0.3) is 17.0 Å². The Balaban J connectivity index is 1.29. The third kappa shape index (κ3) is 4.70. The number of fused-ring (bicyclic) bond motifs is 1. The number of aromatic nitrogens is 1. The number of H-pyrrole nitrogens is 1. The van der Waals surface area contributed by atoms with E-state index in [1.165, 1.54) is 5.56 Å². The monoisotopic (exact) mass is 373 g/mol. The van der Waals surface area contributed by atoms with Crippen molar-refractivity contribution in [3.8, 4) is 0 Å². The number of para-hydroxylation sites is 1. The average Bonchev–Trinajstić information content (AvgIpc) is 3.15. The Kier molecular flexibility index (Phi) is 5.88. The number of carbonyl (C=O) groups is 1. The van der Waals surface area contributed by atoms with Gasteiger partial charge in [0.2, 0.25) is 5.91 Å². The number of rotatable bonds is 6. The van der Waals surface area contributed by atoms with Crippen molar-refractivity contribution in [2.45, 2.75) is 25.3 Å². The number of likely N-dealkylation sites (tertiary alicyclic amines) is 1. The standard InChI is InChI=1S/C24H27N3O/c28-24(13-12-20-17-25-23-11-5-4-10-22(20)23)26-21-9-6-15-27(18-21)16-14-19-7-2-1-3-8-19/h1-5,7-8,10-13,17,21,25H,6,9,14-16,18H2,(H,26,28). The van der Waals surface area contributed by atoms with Crippen LogP contribution in [0.1, 0.15) is 24.0 Å². The van der Waals surface area contributed by atoms with Gasteiger partial charge in [-0.25, -0.2) is 0 Å². The van der Waals surface area contributed by atoms with Gasteiger partial charge in [0.25, 0.3) is 0 Å². The first-order valence-electron chi connectivity index (χ1n) is 10.1. The van der Waals surface area contributed by atoms with Gasteiger partial charge in [-0.15, -0.1) is 0 Å². The van der Waals surface area contributed by atoms with Crippen molar-refractivity contribution in [3.05, 3.63) is 78.0 Å². The second-order valence-electron chi connectivity index (χ2n) is 7.51. The summed E-state index contributed by atoms with van der Waals surface area (Å²) in [4.78, 5) is 18.1. The van der Waals surface area contributed by atoms with E-state index in [1.54, 1.807) is 6.08 Å². The molecule has 0 aliphatic carbocycles. The number of benzene rings is 2. The summed E-state index contributed by atoms with van der Waals surface area (Å²) in [6.07, 6.45) is 8.73. The van der Waals surface area contributed by atoms with Crippen molar-refractivity contribution in [3.63, 3.8) is 0 Å². The minimum Gasteiger partial charge on any atom is -0.361 e. The molecular weight excluding hydrogens is 346 g/mol. The molecule has 28 heavy (non-hydrogen) atoms. The molecule has 1 unspecified atom stereocenters. The summed E-state index contributed by atoms with van der Waals surface area (Å²) in [5, 5.41) is 4.32. The smallest absolute Gasteiger partial charge is 0.244 e. The van der Waals surface area contributed by atoms with E-state index in [9.17, 15) is 4.79 Å². The predicted octanol–water partition coefficient (Wildman–Crippen LogP) is 4.00. The van der Waals surface area contributed by atoms with E-state index < -0.39 is 0 Å². The van der Waals surface area contributed by atoms with Gasteiger partial charge in [0.05, 0.1) is 0 Å². The molecule has 1 fully saturated rings. The zero-order chi connectivity index (χ0) is 19.2. The molecule has 144 valence electrons. The molecule has 1 aliphatic heterocycles. The van der Waals surface area contributed by atoms with Crippen molar-refractivity contribution < 1.29 is 4.79 Å². The molecule has 1 atom stereocenters. The number of nitrogens with one attached hydrogen (secondary N) is 2. The van der Waals surface area contributed by atoms with E-state index in [1.807, 2.05) is 30.5 Å². The summed E-state index contributed by atoms with van der Waals surface area (Å²) >= 11 is 0. The van der Waals surface area contributed by atoms with E-state index in [0.717, 1.165) is 55.4 Å². The first kappa shape index (κ1) is 18.5. The van der Waals surface area contributed by atoms with E-state index in [-0.39, 0.29) is 11.9 Å². The molecule has 0 saturated carbocycles. The normalized spacial score (nSPS) is 17.9. The summed E-state index contributed by atoms with van der Waals surface area (Å²) in [6, 6.07) is 18.9. The summed E-state index contributed by atoms with van der Waals surface area (Å²) < 4.78 is 0. The third-order valence-corrected chi connectivity index (χ3v) is 5.45. The van der Waals surface area contributed by atoms with Crippen LogP contribution in [0.5, 0.6) is 0 Å². The van der Waals surface area contributed by atoms with Crippen molar-refractivity contribution >= 4 is 22.9 Å². The fraction of sp³-hybridized carbons (Fsp3) is 0.292. The van der Waals surface area contributed by atoms with Gasteiger partial charge in [0.1, 0.15) is 0 Å². The molecule has 0 spiro atoms. The highest BCUT2D eigenvalue weighted by Gasteiger charge is 2.20. The minimum absolute atomic E-state index is 0.0137. The Morgan fingerprint density at radius 3 is 2.86 bits per heavy atom. The number of nitrogens with zero attached hydrogens (tertiary/aromatic N) is 1. The Morgan fingerprint density at radius 2 is 1.96 bits per heavy atom. The van der Waals surface area contributed by atoms with Crippen LogP contribution in [0.4, 0.5) is 0 Å². The molecule has 2 aromatic carbocycles. The highest BCUT2D eigenvalue weighted by molar-refractivity contribution is 5.96. The quantitative estimate of drug-likeness (QED) is 0.642. The van der Waals surface area contributed by atoms with Crippen molar-refractivity contribution in [1.29, 1.82) is 0 Å². The van der Waals surface area contributed by atoms with Gasteiger partial charge in [-0.1, -0.05) is 48.5 Å². The maximum absolute atomic E-state index is 12.4. The van der Waals surface area contributed by atoms with Crippen LogP contribution < -0.4 is 5.32 Å². The second-order valence-corrected chi connectivity index (χ2v) is 7.51. The van der Waals surface area contributed by atoms with Gasteiger partial charge in [-0.3, -0.25) is 4.79 Å². The topological polar surface area (TPSA) is 48.1 Å². The van der Waals surface area contributed by atoms with Gasteiger partial charge >= 0.3 is 0 Å². The number of piperidine rings is 1. The molecule has 2 N–H and O–H groups in total. The van der Waals surface area contributed by atoms with Crippen LogP contribution >= 0.6 is 0 Å². The second kappa shape index (κ2) is 8.89. The van der Waals surface area contributed by atoms with Crippen LogP contribution in [0, 0.1) is 0 Å². The first-order valence-corrected chi connectivity index (χ1v) is 10.1. The number of amides is 1.